The normalized spacial score (nSPS) is 11.1. The molecule has 0 aromatic heterocycles. The Hall–Kier alpha value is -1.31. The first-order chi connectivity index (χ1) is 7.72. The number of nitrogens with zero attached hydrogens (tertiary/aromatic N) is 1. The summed E-state index contributed by atoms with van der Waals surface area (Å²) in [5.74, 6) is 0.0930. The summed E-state index contributed by atoms with van der Waals surface area (Å²) < 4.78 is 0. The molecule has 0 heterocycles. The number of rotatable bonds is 8. The van der Waals surface area contributed by atoms with Crippen molar-refractivity contribution in [1.82, 2.24) is 4.90 Å². The third kappa shape index (κ3) is 8.04. The van der Waals surface area contributed by atoms with Crippen LogP contribution < -0.4 is 0 Å². The molecule has 0 saturated heterocycles. The van der Waals surface area contributed by atoms with Crippen molar-refractivity contribution in [3.8, 4) is 0 Å². The maximum atomic E-state index is 11.2. The predicted octanol–water partition coefficient (Wildman–Crippen LogP) is 3.32. The zero-order chi connectivity index (χ0) is 12.2. The molecule has 0 aromatic carbocycles. The fourth-order valence-electron chi connectivity index (χ4n) is 1.28. The van der Waals surface area contributed by atoms with E-state index < -0.39 is 0 Å². The summed E-state index contributed by atoms with van der Waals surface area (Å²) in [5, 5.41) is 0. The molecule has 0 unspecified atom stereocenters. The van der Waals surface area contributed by atoms with Gasteiger partial charge in [0, 0.05) is 20.0 Å². The van der Waals surface area contributed by atoms with Crippen LogP contribution in [0, 0.1) is 0 Å². The molecular weight excluding hydrogens is 198 g/mol. The molecule has 16 heavy (non-hydrogen) atoms. The molecule has 0 fully saturated rings. The Balaban J connectivity index is 3.74. The minimum atomic E-state index is 0.0930. The van der Waals surface area contributed by atoms with Gasteiger partial charge in [-0.1, -0.05) is 37.3 Å². The molecule has 0 radical (unpaired) electrons. The van der Waals surface area contributed by atoms with Crippen LogP contribution in [0.2, 0.25) is 0 Å². The Morgan fingerprint density at radius 2 is 1.75 bits per heavy atom. The molecule has 0 aliphatic carbocycles. The van der Waals surface area contributed by atoms with Crippen molar-refractivity contribution in [1.29, 1.82) is 0 Å². The summed E-state index contributed by atoms with van der Waals surface area (Å²) in [6, 6.07) is 0. The number of allylic oxidation sites excluding steroid dienone is 3. The van der Waals surface area contributed by atoms with Gasteiger partial charge in [-0.3, -0.25) is 4.79 Å². The van der Waals surface area contributed by atoms with Crippen molar-refractivity contribution in [2.75, 3.05) is 13.1 Å². The fourth-order valence-corrected chi connectivity index (χ4v) is 1.28. The van der Waals surface area contributed by atoms with Crippen LogP contribution in [-0.4, -0.2) is 23.9 Å². The summed E-state index contributed by atoms with van der Waals surface area (Å²) in [5.41, 5.74) is 0. The molecule has 0 saturated carbocycles. The number of hydrogen-bond donors (Lipinski definition) is 0. The molecule has 0 N–H and O–H groups in total. The zero-order valence-electron chi connectivity index (χ0n) is 10.5. The van der Waals surface area contributed by atoms with Gasteiger partial charge >= 0.3 is 0 Å². The first-order valence-corrected chi connectivity index (χ1v) is 5.88. The lowest BCUT2D eigenvalue weighted by Gasteiger charge is -2.16. The number of carbonyl (C=O) groups excluding carboxylic acids is 1. The number of amides is 1. The van der Waals surface area contributed by atoms with Gasteiger partial charge in [-0.25, -0.2) is 0 Å². The topological polar surface area (TPSA) is 20.3 Å². The standard InChI is InChI=1S/C14H23NO/c1-4-6-7-8-9-10-11-13-15(12-5-2)14(3)16/h5-7,10-11H,2,4,8-9,12-13H2,1,3H3/b7-6-,11-10-. The van der Waals surface area contributed by atoms with E-state index in [9.17, 15) is 4.79 Å². The van der Waals surface area contributed by atoms with E-state index in [0.717, 1.165) is 19.3 Å². The third-order valence-corrected chi connectivity index (χ3v) is 2.19. The lowest BCUT2D eigenvalue weighted by Crippen LogP contribution is -2.28. The molecule has 0 aliphatic rings. The minimum absolute atomic E-state index is 0.0930. The van der Waals surface area contributed by atoms with E-state index in [4.69, 9.17) is 0 Å². The van der Waals surface area contributed by atoms with Crippen molar-refractivity contribution >= 4 is 5.91 Å². The first-order valence-electron chi connectivity index (χ1n) is 5.88. The van der Waals surface area contributed by atoms with Crippen molar-refractivity contribution in [2.45, 2.75) is 33.1 Å². The summed E-state index contributed by atoms with van der Waals surface area (Å²) in [6.07, 6.45) is 13.5. The van der Waals surface area contributed by atoms with Crippen molar-refractivity contribution in [3.05, 3.63) is 37.0 Å². The highest BCUT2D eigenvalue weighted by atomic mass is 16.2. The van der Waals surface area contributed by atoms with Crippen molar-refractivity contribution in [2.24, 2.45) is 0 Å². The largest absolute Gasteiger partial charge is 0.336 e. The lowest BCUT2D eigenvalue weighted by molar-refractivity contribution is -0.127. The van der Waals surface area contributed by atoms with Crippen LogP contribution in [0.15, 0.2) is 37.0 Å². The minimum Gasteiger partial charge on any atom is -0.336 e. The summed E-state index contributed by atoms with van der Waals surface area (Å²) >= 11 is 0. The van der Waals surface area contributed by atoms with Crippen LogP contribution in [0.4, 0.5) is 0 Å². The van der Waals surface area contributed by atoms with E-state index in [2.05, 4.69) is 31.7 Å². The predicted molar refractivity (Wildman–Crippen MR) is 70.3 cm³/mol. The maximum absolute atomic E-state index is 11.2. The van der Waals surface area contributed by atoms with Crippen molar-refractivity contribution in [3.63, 3.8) is 0 Å². The molecule has 0 aliphatic heterocycles. The number of unbranched alkanes of at least 4 members (excludes halogenated alkanes) is 1. The van der Waals surface area contributed by atoms with Crippen LogP contribution in [0.3, 0.4) is 0 Å². The molecular formula is C14H23NO. The average molecular weight is 221 g/mol. The second-order valence-electron chi connectivity index (χ2n) is 3.64. The molecule has 2 heteroatoms. The molecule has 0 aromatic rings. The Morgan fingerprint density at radius 1 is 1.12 bits per heavy atom. The van der Waals surface area contributed by atoms with Crippen LogP contribution in [-0.2, 0) is 4.79 Å². The van der Waals surface area contributed by atoms with E-state index in [1.807, 2.05) is 6.08 Å². The molecule has 0 spiro atoms. The van der Waals surface area contributed by atoms with Crippen molar-refractivity contribution < 1.29 is 4.79 Å². The van der Waals surface area contributed by atoms with E-state index in [-0.39, 0.29) is 5.91 Å². The van der Waals surface area contributed by atoms with Crippen LogP contribution in [0.25, 0.3) is 0 Å². The zero-order valence-corrected chi connectivity index (χ0v) is 10.5. The Kier molecular flexibility index (Phi) is 9.38. The first kappa shape index (κ1) is 14.7. The van der Waals surface area contributed by atoms with Gasteiger partial charge in [-0.2, -0.15) is 0 Å². The average Bonchev–Trinajstić information content (AvgIpc) is 2.26. The van der Waals surface area contributed by atoms with Crippen LogP contribution in [0.5, 0.6) is 0 Å². The van der Waals surface area contributed by atoms with Gasteiger partial charge in [-0.15, -0.1) is 6.58 Å². The summed E-state index contributed by atoms with van der Waals surface area (Å²) in [6.45, 7) is 8.65. The molecule has 0 atom stereocenters. The lowest BCUT2D eigenvalue weighted by atomic mass is 10.2. The summed E-state index contributed by atoms with van der Waals surface area (Å²) in [4.78, 5) is 12.9. The number of hydrogen-bond acceptors (Lipinski definition) is 1. The van der Waals surface area contributed by atoms with Gasteiger partial charge in [0.1, 0.15) is 0 Å². The molecule has 0 rings (SSSR count). The Labute approximate surface area is 99.3 Å². The SMILES string of the molecule is C=CCN(C/C=C\CC/C=C\CC)C(C)=O. The molecule has 2 nitrogen and oxygen atoms in total. The highest BCUT2D eigenvalue weighted by Crippen LogP contribution is 1.96. The second kappa shape index (κ2) is 10.2. The maximum Gasteiger partial charge on any atom is 0.220 e. The summed E-state index contributed by atoms with van der Waals surface area (Å²) in [7, 11) is 0. The van der Waals surface area contributed by atoms with Gasteiger partial charge in [0.05, 0.1) is 0 Å². The third-order valence-electron chi connectivity index (χ3n) is 2.19. The fraction of sp³-hybridized carbons (Fsp3) is 0.500. The Morgan fingerprint density at radius 3 is 2.25 bits per heavy atom. The monoisotopic (exact) mass is 221 g/mol. The van der Waals surface area contributed by atoms with Gasteiger partial charge < -0.3 is 4.90 Å². The van der Waals surface area contributed by atoms with Gasteiger partial charge in [-0.05, 0) is 19.3 Å². The van der Waals surface area contributed by atoms with E-state index in [1.54, 1.807) is 17.9 Å². The highest BCUT2D eigenvalue weighted by Gasteiger charge is 2.02. The molecule has 90 valence electrons. The van der Waals surface area contributed by atoms with Gasteiger partial charge in [0.15, 0.2) is 0 Å². The smallest absolute Gasteiger partial charge is 0.220 e. The molecule has 1 amide bonds. The van der Waals surface area contributed by atoms with Crippen LogP contribution in [0.1, 0.15) is 33.1 Å². The van der Waals surface area contributed by atoms with E-state index in [0.29, 0.717) is 13.1 Å². The Bertz CT molecular complexity index is 253. The second-order valence-corrected chi connectivity index (χ2v) is 3.64. The molecule has 0 bridgehead atoms. The van der Waals surface area contributed by atoms with Gasteiger partial charge in [0.25, 0.3) is 0 Å². The van der Waals surface area contributed by atoms with Gasteiger partial charge in [0.2, 0.25) is 5.91 Å². The van der Waals surface area contributed by atoms with E-state index >= 15 is 0 Å². The quantitative estimate of drug-likeness (QED) is 0.455. The number of carbonyl (C=O) groups is 1. The highest BCUT2D eigenvalue weighted by molar-refractivity contribution is 5.73. The van der Waals surface area contributed by atoms with E-state index in [1.165, 1.54) is 0 Å². The van der Waals surface area contributed by atoms with Crippen LogP contribution >= 0.6 is 0 Å².